The van der Waals surface area contributed by atoms with Crippen LogP contribution in [-0.4, -0.2) is 32.5 Å². The van der Waals surface area contributed by atoms with E-state index in [1.807, 2.05) is 28.8 Å². The Kier molecular flexibility index (Phi) is 5.01. The third-order valence-corrected chi connectivity index (χ3v) is 10.6. The third kappa shape index (κ3) is 3.30. The van der Waals surface area contributed by atoms with Gasteiger partial charge in [0.15, 0.2) is 5.78 Å². The van der Waals surface area contributed by atoms with Crippen LogP contribution in [0.2, 0.25) is 0 Å². The molecule has 2 heterocycles. The van der Waals surface area contributed by atoms with Crippen LogP contribution in [0.25, 0.3) is 17.0 Å². The lowest BCUT2D eigenvalue weighted by Crippen LogP contribution is -2.49. The van der Waals surface area contributed by atoms with E-state index in [4.69, 9.17) is 9.72 Å². The van der Waals surface area contributed by atoms with Crippen molar-refractivity contribution in [2.75, 3.05) is 7.11 Å². The Bertz CT molecular complexity index is 1450. The van der Waals surface area contributed by atoms with E-state index in [0.717, 1.165) is 35.5 Å². The number of carbonyl (C=O) groups is 1. The summed E-state index contributed by atoms with van der Waals surface area (Å²) in [6, 6.07) is 10.4. The summed E-state index contributed by atoms with van der Waals surface area (Å²) in [4.78, 5) is 21.7. The summed E-state index contributed by atoms with van der Waals surface area (Å²) in [5.74, 6) is 4.08. The highest BCUT2D eigenvalue weighted by Crippen LogP contribution is 2.67. The Labute approximate surface area is 217 Å². The molecule has 2 aromatic heterocycles. The number of hydrogen-bond donors (Lipinski definition) is 0. The molecule has 6 atom stereocenters. The van der Waals surface area contributed by atoms with E-state index >= 15 is 0 Å². The molecular formula is C31H34N4O2. The van der Waals surface area contributed by atoms with Gasteiger partial charge in [-0.25, -0.2) is 4.98 Å². The van der Waals surface area contributed by atoms with Crippen LogP contribution in [0.1, 0.15) is 64.0 Å². The second-order valence-corrected chi connectivity index (χ2v) is 12.0. The van der Waals surface area contributed by atoms with E-state index in [0.29, 0.717) is 29.4 Å². The summed E-state index contributed by atoms with van der Waals surface area (Å²) in [5.41, 5.74) is 4.88. The van der Waals surface area contributed by atoms with Crippen molar-refractivity contribution in [2.45, 2.75) is 58.3 Å². The molecule has 0 amide bonds. The lowest BCUT2D eigenvalue weighted by Gasteiger charge is -2.57. The highest BCUT2D eigenvalue weighted by atomic mass is 16.5. The second kappa shape index (κ2) is 8.11. The molecule has 0 bridgehead atoms. The first-order valence-corrected chi connectivity index (χ1v) is 13.7. The van der Waals surface area contributed by atoms with Gasteiger partial charge in [-0.05, 0) is 104 Å². The molecule has 190 valence electrons. The Morgan fingerprint density at radius 2 is 1.89 bits per heavy atom. The molecule has 0 spiro atoms. The molecule has 37 heavy (non-hydrogen) atoms. The fraction of sp³-hybridized carbons (Fsp3) is 0.484. The Balaban J connectivity index is 1.25. The maximum atomic E-state index is 12.1. The van der Waals surface area contributed by atoms with Crippen molar-refractivity contribution in [2.24, 2.45) is 28.6 Å². The number of ketones is 1. The maximum Gasteiger partial charge on any atom is 0.252 e. The SMILES string of the molecule is COc1ccc(-c2cc([C@H]3CC[C@H]4[C@@H]5CCC6=CC(=O)C=C[C@]6(C)[C@H]5CC[C@]34C)nc3ncnn23)cc1. The van der Waals surface area contributed by atoms with Crippen molar-refractivity contribution < 1.29 is 9.53 Å². The molecule has 0 N–H and O–H groups in total. The molecule has 3 fully saturated rings. The fourth-order valence-corrected chi connectivity index (χ4v) is 8.66. The molecule has 3 saturated carbocycles. The number of hydrogen-bond acceptors (Lipinski definition) is 5. The standard InChI is InChI=1S/C31H34N4O2/c1-30-14-12-21(36)16-20(30)6-9-23-24-10-11-26(31(24,2)15-13-25(23)30)27-17-28(35-29(34-27)32-18-33-35)19-4-7-22(37-3)8-5-19/h4-5,7-8,12,14,16-18,23-26H,6,9-11,13,15H2,1-3H3/t23-,24-,25-,26+,30-,31-/m0/s1. The topological polar surface area (TPSA) is 69.4 Å². The molecule has 6 heteroatoms. The van der Waals surface area contributed by atoms with Gasteiger partial charge in [-0.2, -0.15) is 14.6 Å². The van der Waals surface area contributed by atoms with Crippen LogP contribution < -0.4 is 4.74 Å². The number of ether oxygens (including phenoxy) is 1. The predicted octanol–water partition coefficient (Wildman–Crippen LogP) is 6.19. The molecule has 0 saturated heterocycles. The molecule has 6 nitrogen and oxygen atoms in total. The Morgan fingerprint density at radius 3 is 2.70 bits per heavy atom. The number of carbonyl (C=O) groups excluding carboxylic acids is 1. The zero-order chi connectivity index (χ0) is 25.4. The van der Waals surface area contributed by atoms with Gasteiger partial charge in [0.1, 0.15) is 12.1 Å². The maximum absolute atomic E-state index is 12.1. The molecule has 1 aromatic carbocycles. The van der Waals surface area contributed by atoms with E-state index in [1.165, 1.54) is 31.3 Å². The van der Waals surface area contributed by atoms with Crippen molar-refractivity contribution in [1.82, 2.24) is 19.6 Å². The highest BCUT2D eigenvalue weighted by molar-refractivity contribution is 6.01. The first-order chi connectivity index (χ1) is 17.9. The highest BCUT2D eigenvalue weighted by Gasteiger charge is 2.59. The van der Waals surface area contributed by atoms with Gasteiger partial charge in [-0.3, -0.25) is 4.79 Å². The summed E-state index contributed by atoms with van der Waals surface area (Å²) in [6.07, 6.45) is 14.7. The van der Waals surface area contributed by atoms with Crippen LogP contribution in [0.3, 0.4) is 0 Å². The fourth-order valence-electron chi connectivity index (χ4n) is 8.66. The lowest BCUT2D eigenvalue weighted by molar-refractivity contribution is -0.111. The van der Waals surface area contributed by atoms with E-state index < -0.39 is 0 Å². The monoisotopic (exact) mass is 494 g/mol. The van der Waals surface area contributed by atoms with Gasteiger partial charge in [0.25, 0.3) is 5.78 Å². The van der Waals surface area contributed by atoms with E-state index in [2.05, 4.69) is 48.2 Å². The van der Waals surface area contributed by atoms with Crippen LogP contribution in [0, 0.1) is 28.6 Å². The first kappa shape index (κ1) is 22.9. The number of fused-ring (bicyclic) bond motifs is 6. The van der Waals surface area contributed by atoms with Crippen LogP contribution >= 0.6 is 0 Å². The summed E-state index contributed by atoms with van der Waals surface area (Å²) >= 11 is 0. The number of allylic oxidation sites excluding steroid dienone is 4. The molecule has 0 aliphatic heterocycles. The second-order valence-electron chi connectivity index (χ2n) is 12.0. The molecular weight excluding hydrogens is 460 g/mol. The summed E-state index contributed by atoms with van der Waals surface area (Å²) in [5, 5.41) is 4.49. The smallest absolute Gasteiger partial charge is 0.252 e. The molecule has 4 aliphatic rings. The summed E-state index contributed by atoms with van der Waals surface area (Å²) in [6.45, 7) is 4.91. The predicted molar refractivity (Wildman–Crippen MR) is 142 cm³/mol. The molecule has 3 aromatic rings. The van der Waals surface area contributed by atoms with Crippen molar-refractivity contribution in [3.63, 3.8) is 0 Å². The Hall–Kier alpha value is -3.28. The van der Waals surface area contributed by atoms with Crippen LogP contribution in [0.5, 0.6) is 5.75 Å². The molecule has 7 rings (SSSR count). The van der Waals surface area contributed by atoms with Crippen molar-refractivity contribution in [3.8, 4) is 17.0 Å². The summed E-state index contributed by atoms with van der Waals surface area (Å²) in [7, 11) is 1.69. The van der Waals surface area contributed by atoms with Crippen LogP contribution in [0.15, 0.2) is 60.5 Å². The van der Waals surface area contributed by atoms with E-state index in [-0.39, 0.29) is 16.6 Å². The number of aromatic nitrogens is 4. The number of rotatable bonds is 3. The number of methoxy groups -OCH3 is 1. The summed E-state index contributed by atoms with van der Waals surface area (Å²) < 4.78 is 7.22. The van der Waals surface area contributed by atoms with E-state index in [1.54, 1.807) is 13.4 Å². The van der Waals surface area contributed by atoms with Crippen LogP contribution in [-0.2, 0) is 4.79 Å². The molecule has 0 radical (unpaired) electrons. The first-order valence-electron chi connectivity index (χ1n) is 13.7. The minimum atomic E-state index is 0.0382. The normalized spacial score (nSPS) is 34.6. The number of nitrogens with zero attached hydrogens (tertiary/aromatic N) is 4. The molecule has 4 aliphatic carbocycles. The van der Waals surface area contributed by atoms with Gasteiger partial charge < -0.3 is 4.74 Å². The van der Waals surface area contributed by atoms with Crippen molar-refractivity contribution in [3.05, 3.63) is 66.2 Å². The Morgan fingerprint density at radius 1 is 1.05 bits per heavy atom. The minimum absolute atomic E-state index is 0.0382. The van der Waals surface area contributed by atoms with Crippen molar-refractivity contribution >= 4 is 11.6 Å². The largest absolute Gasteiger partial charge is 0.497 e. The zero-order valence-corrected chi connectivity index (χ0v) is 21.9. The lowest BCUT2D eigenvalue weighted by atomic mass is 9.47. The zero-order valence-electron chi connectivity index (χ0n) is 21.9. The van der Waals surface area contributed by atoms with Gasteiger partial charge in [0, 0.05) is 16.9 Å². The average Bonchev–Trinajstić information content (AvgIpc) is 3.52. The van der Waals surface area contributed by atoms with Gasteiger partial charge in [0.2, 0.25) is 0 Å². The quantitative estimate of drug-likeness (QED) is 0.434. The number of benzene rings is 1. The minimum Gasteiger partial charge on any atom is -0.497 e. The van der Waals surface area contributed by atoms with Gasteiger partial charge in [0.05, 0.1) is 18.5 Å². The van der Waals surface area contributed by atoms with Crippen molar-refractivity contribution in [1.29, 1.82) is 0 Å². The van der Waals surface area contributed by atoms with Gasteiger partial charge in [-0.1, -0.05) is 25.5 Å². The third-order valence-electron chi connectivity index (χ3n) is 10.6. The molecule has 0 unspecified atom stereocenters. The van der Waals surface area contributed by atoms with Crippen LogP contribution in [0.4, 0.5) is 0 Å². The van der Waals surface area contributed by atoms with Gasteiger partial charge in [-0.15, -0.1) is 0 Å². The van der Waals surface area contributed by atoms with Gasteiger partial charge >= 0.3 is 0 Å². The van der Waals surface area contributed by atoms with E-state index in [9.17, 15) is 4.79 Å². The average molecular weight is 495 g/mol.